The third kappa shape index (κ3) is 1.79. The molecule has 2 atom stereocenters. The smallest absolute Gasteiger partial charge is 0.0945 e. The van der Waals surface area contributed by atoms with E-state index in [2.05, 4.69) is 0 Å². The summed E-state index contributed by atoms with van der Waals surface area (Å²) in [5.41, 5.74) is 4.86. The van der Waals surface area contributed by atoms with Crippen LogP contribution in [0, 0.1) is 11.8 Å². The molecular formula is C9H19NO2. The van der Waals surface area contributed by atoms with Gasteiger partial charge < -0.3 is 15.6 Å². The molecule has 1 rings (SSSR count). The summed E-state index contributed by atoms with van der Waals surface area (Å²) < 4.78 is 5.03. The zero-order chi connectivity index (χ0) is 9.19. The van der Waals surface area contributed by atoms with E-state index in [9.17, 15) is 5.11 Å². The molecule has 0 spiro atoms. The largest absolute Gasteiger partial charge is 0.387 e. The number of methoxy groups -OCH3 is 1. The highest BCUT2D eigenvalue weighted by Crippen LogP contribution is 2.43. The van der Waals surface area contributed by atoms with Gasteiger partial charge in [0.2, 0.25) is 0 Å². The molecule has 0 aromatic carbocycles. The van der Waals surface area contributed by atoms with Gasteiger partial charge in [-0.3, -0.25) is 0 Å². The fraction of sp³-hybridized carbons (Fsp3) is 1.00. The van der Waals surface area contributed by atoms with Crippen LogP contribution in [0.25, 0.3) is 0 Å². The van der Waals surface area contributed by atoms with Crippen LogP contribution < -0.4 is 5.73 Å². The normalized spacial score (nSPS) is 25.0. The molecular weight excluding hydrogens is 154 g/mol. The predicted molar refractivity (Wildman–Crippen MR) is 47.8 cm³/mol. The summed E-state index contributed by atoms with van der Waals surface area (Å²) in [5, 5.41) is 10.2. The van der Waals surface area contributed by atoms with Gasteiger partial charge >= 0.3 is 0 Å². The van der Waals surface area contributed by atoms with Crippen molar-refractivity contribution in [1.82, 2.24) is 0 Å². The Morgan fingerprint density at radius 2 is 2.25 bits per heavy atom. The van der Waals surface area contributed by atoms with Gasteiger partial charge in [-0.2, -0.15) is 0 Å². The van der Waals surface area contributed by atoms with Gasteiger partial charge in [-0.05, 0) is 31.2 Å². The molecule has 1 fully saturated rings. The van der Waals surface area contributed by atoms with Gasteiger partial charge in [0.05, 0.1) is 12.2 Å². The molecule has 0 heterocycles. The number of nitrogens with two attached hydrogens (primary N) is 1. The van der Waals surface area contributed by atoms with Crippen LogP contribution in [0.3, 0.4) is 0 Å². The lowest BCUT2D eigenvalue weighted by atomic mass is 9.85. The van der Waals surface area contributed by atoms with Gasteiger partial charge in [-0.1, -0.05) is 6.92 Å². The van der Waals surface area contributed by atoms with Crippen LogP contribution in [0.1, 0.15) is 19.8 Å². The Morgan fingerprint density at radius 1 is 1.67 bits per heavy atom. The van der Waals surface area contributed by atoms with Crippen molar-refractivity contribution < 1.29 is 9.84 Å². The molecule has 1 aliphatic rings. The molecule has 1 aliphatic carbocycles. The van der Waals surface area contributed by atoms with E-state index >= 15 is 0 Å². The van der Waals surface area contributed by atoms with E-state index in [0.29, 0.717) is 19.1 Å². The minimum Gasteiger partial charge on any atom is -0.387 e. The molecule has 0 amide bonds. The third-order valence-electron chi connectivity index (χ3n) is 2.87. The van der Waals surface area contributed by atoms with Crippen LogP contribution in [-0.4, -0.2) is 31.0 Å². The lowest BCUT2D eigenvalue weighted by Crippen LogP contribution is -2.46. The first-order valence-corrected chi connectivity index (χ1v) is 4.56. The first-order chi connectivity index (χ1) is 5.65. The second kappa shape index (κ2) is 3.73. The number of aliphatic hydroxyl groups is 1. The molecule has 0 aliphatic heterocycles. The molecule has 3 nitrogen and oxygen atoms in total. The highest BCUT2D eigenvalue weighted by Gasteiger charge is 2.46. The van der Waals surface area contributed by atoms with Crippen LogP contribution in [0.2, 0.25) is 0 Å². The second-order valence-electron chi connectivity index (χ2n) is 3.84. The highest BCUT2D eigenvalue weighted by atomic mass is 16.5. The maximum absolute atomic E-state index is 10.2. The molecule has 3 N–H and O–H groups in total. The number of ether oxygens (including phenoxy) is 1. The second-order valence-corrected chi connectivity index (χ2v) is 3.84. The van der Waals surface area contributed by atoms with Crippen molar-refractivity contribution in [2.75, 3.05) is 20.3 Å². The van der Waals surface area contributed by atoms with E-state index in [4.69, 9.17) is 10.5 Å². The van der Waals surface area contributed by atoms with Crippen molar-refractivity contribution in [1.29, 1.82) is 0 Å². The van der Waals surface area contributed by atoms with Crippen LogP contribution >= 0.6 is 0 Å². The number of hydrogen-bond acceptors (Lipinski definition) is 3. The molecule has 72 valence electrons. The van der Waals surface area contributed by atoms with Crippen molar-refractivity contribution in [2.45, 2.75) is 25.4 Å². The van der Waals surface area contributed by atoms with Crippen molar-refractivity contribution in [3.05, 3.63) is 0 Å². The van der Waals surface area contributed by atoms with Gasteiger partial charge in [0.1, 0.15) is 0 Å². The molecule has 0 radical (unpaired) electrons. The van der Waals surface area contributed by atoms with E-state index in [1.165, 1.54) is 0 Å². The maximum Gasteiger partial charge on any atom is 0.0945 e. The highest BCUT2D eigenvalue weighted by molar-refractivity contribution is 4.98. The zero-order valence-corrected chi connectivity index (χ0v) is 7.92. The molecule has 0 aromatic rings. The Hall–Kier alpha value is -0.120. The van der Waals surface area contributed by atoms with Crippen LogP contribution in [0.15, 0.2) is 0 Å². The summed E-state index contributed by atoms with van der Waals surface area (Å²) in [7, 11) is 1.62. The van der Waals surface area contributed by atoms with Crippen molar-refractivity contribution in [3.8, 4) is 0 Å². The molecule has 0 aromatic heterocycles. The summed E-state index contributed by atoms with van der Waals surface area (Å²) in [4.78, 5) is 0. The molecule has 0 saturated heterocycles. The monoisotopic (exact) mass is 173 g/mol. The summed E-state index contributed by atoms with van der Waals surface area (Å²) >= 11 is 0. The van der Waals surface area contributed by atoms with Crippen LogP contribution in [0.5, 0.6) is 0 Å². The Bertz CT molecular complexity index is 147. The van der Waals surface area contributed by atoms with E-state index in [-0.39, 0.29) is 5.92 Å². The summed E-state index contributed by atoms with van der Waals surface area (Å²) in [6.07, 6.45) is 2.23. The Labute approximate surface area is 73.9 Å². The molecule has 12 heavy (non-hydrogen) atoms. The van der Waals surface area contributed by atoms with Gasteiger partial charge in [0.15, 0.2) is 0 Å². The van der Waals surface area contributed by atoms with Gasteiger partial charge in [0.25, 0.3) is 0 Å². The molecule has 0 bridgehead atoms. The average Bonchev–Trinajstić information content (AvgIpc) is 2.85. The van der Waals surface area contributed by atoms with E-state index < -0.39 is 5.60 Å². The minimum absolute atomic E-state index is 0.130. The summed E-state index contributed by atoms with van der Waals surface area (Å²) in [5.74, 6) is 0.543. The third-order valence-corrected chi connectivity index (χ3v) is 2.87. The summed E-state index contributed by atoms with van der Waals surface area (Å²) in [6.45, 7) is 2.92. The standard InChI is InChI=1S/C9H19NO2/c1-7(5-10)9(11,6-12-2)8-3-4-8/h7-8,11H,3-6,10H2,1-2H3. The molecule has 2 unspecified atom stereocenters. The van der Waals surface area contributed by atoms with E-state index in [1.54, 1.807) is 7.11 Å². The van der Waals surface area contributed by atoms with Crippen molar-refractivity contribution in [2.24, 2.45) is 17.6 Å². The fourth-order valence-electron chi connectivity index (χ4n) is 1.68. The van der Waals surface area contributed by atoms with E-state index in [0.717, 1.165) is 12.8 Å². The zero-order valence-electron chi connectivity index (χ0n) is 7.92. The predicted octanol–water partition coefficient (Wildman–Crippen LogP) is 0.369. The van der Waals surface area contributed by atoms with Gasteiger partial charge in [-0.15, -0.1) is 0 Å². The van der Waals surface area contributed by atoms with E-state index in [1.807, 2.05) is 6.92 Å². The van der Waals surface area contributed by atoms with Crippen molar-refractivity contribution >= 4 is 0 Å². The Morgan fingerprint density at radius 3 is 2.58 bits per heavy atom. The Balaban J connectivity index is 2.56. The number of hydrogen-bond donors (Lipinski definition) is 2. The number of rotatable bonds is 5. The van der Waals surface area contributed by atoms with Gasteiger partial charge in [-0.25, -0.2) is 0 Å². The van der Waals surface area contributed by atoms with Crippen LogP contribution in [0.4, 0.5) is 0 Å². The summed E-state index contributed by atoms with van der Waals surface area (Å²) in [6, 6.07) is 0. The first-order valence-electron chi connectivity index (χ1n) is 4.56. The minimum atomic E-state index is -0.677. The lowest BCUT2D eigenvalue weighted by molar-refractivity contribution is -0.0829. The topological polar surface area (TPSA) is 55.5 Å². The Kier molecular flexibility index (Phi) is 3.09. The van der Waals surface area contributed by atoms with Crippen molar-refractivity contribution in [3.63, 3.8) is 0 Å². The maximum atomic E-state index is 10.2. The first kappa shape index (κ1) is 9.96. The lowest BCUT2D eigenvalue weighted by Gasteiger charge is -2.33. The average molecular weight is 173 g/mol. The SMILES string of the molecule is COCC(O)(C(C)CN)C1CC1. The molecule has 3 heteroatoms. The quantitative estimate of drug-likeness (QED) is 0.631. The van der Waals surface area contributed by atoms with Crippen LogP contribution in [-0.2, 0) is 4.74 Å². The van der Waals surface area contributed by atoms with Gasteiger partial charge in [0, 0.05) is 7.11 Å². The molecule has 1 saturated carbocycles. The fourth-order valence-corrected chi connectivity index (χ4v) is 1.68.